The average molecular weight is 535 g/mol. The number of nitrogen functional groups attached to an aromatic ring is 1. The van der Waals surface area contributed by atoms with Gasteiger partial charge in [-0.25, -0.2) is 0 Å². The van der Waals surface area contributed by atoms with E-state index in [0.29, 0.717) is 31.5 Å². The number of phenols is 1. The van der Waals surface area contributed by atoms with Gasteiger partial charge in [0.05, 0.1) is 12.0 Å². The third-order valence-electron chi connectivity index (χ3n) is 5.94. The topological polar surface area (TPSA) is 149 Å². The number of nitrogens with one attached hydrogen (secondary N) is 2. The molecule has 1 aliphatic heterocycles. The molecule has 0 spiro atoms. The number of carboxylic acid groups (broad SMARTS) is 1. The number of piperidine rings is 1. The first-order valence-electron chi connectivity index (χ1n) is 11.9. The number of rotatable bonds is 10. The second kappa shape index (κ2) is 12.5. The number of nitrogens with zero attached hydrogens (tertiary/aromatic N) is 1. The summed E-state index contributed by atoms with van der Waals surface area (Å²) in [6, 6.07) is 7.54. The maximum absolute atomic E-state index is 14.0. The Morgan fingerprint density at radius 3 is 2.50 bits per heavy atom. The van der Waals surface area contributed by atoms with Crippen molar-refractivity contribution in [3.05, 3.63) is 59.2 Å². The van der Waals surface area contributed by atoms with E-state index >= 15 is 0 Å². The van der Waals surface area contributed by atoms with Crippen molar-refractivity contribution in [1.29, 1.82) is 5.41 Å². The second-order valence-electron chi connectivity index (χ2n) is 8.73. The molecular formula is C26H29F3N4O5. The molecule has 0 aromatic heterocycles. The zero-order chi connectivity index (χ0) is 27.9. The van der Waals surface area contributed by atoms with Crippen molar-refractivity contribution in [2.75, 3.05) is 24.5 Å². The van der Waals surface area contributed by atoms with Crippen LogP contribution in [0.15, 0.2) is 42.5 Å². The molecule has 0 unspecified atom stereocenters. The number of carbonyl (C=O) groups excluding carboxylic acids is 1. The van der Waals surface area contributed by atoms with Gasteiger partial charge in [-0.3, -0.25) is 15.0 Å². The highest BCUT2D eigenvalue weighted by Crippen LogP contribution is 2.39. The second-order valence-corrected chi connectivity index (χ2v) is 8.73. The van der Waals surface area contributed by atoms with Crippen LogP contribution in [0.4, 0.5) is 18.9 Å². The van der Waals surface area contributed by atoms with E-state index in [0.717, 1.165) is 11.0 Å². The molecule has 1 saturated heterocycles. The highest BCUT2D eigenvalue weighted by Gasteiger charge is 2.36. The summed E-state index contributed by atoms with van der Waals surface area (Å²) in [5.74, 6) is -2.61. The zero-order valence-electron chi connectivity index (χ0n) is 20.4. The normalized spacial score (nSPS) is 14.4. The molecule has 2 aromatic rings. The summed E-state index contributed by atoms with van der Waals surface area (Å²) >= 11 is 0. The lowest BCUT2D eigenvalue weighted by Crippen LogP contribution is -2.34. The lowest BCUT2D eigenvalue weighted by atomic mass is 10.1. The molecule has 2 aromatic carbocycles. The van der Waals surface area contributed by atoms with Gasteiger partial charge in [0.15, 0.2) is 0 Å². The number of hydrogen-bond donors (Lipinski definition) is 5. The molecular weight excluding hydrogens is 505 g/mol. The van der Waals surface area contributed by atoms with E-state index in [1.165, 1.54) is 42.5 Å². The number of phenolic OH excluding ortho intramolecular Hbond substituents is 1. The Hall–Kier alpha value is -4.06. The van der Waals surface area contributed by atoms with Gasteiger partial charge in [-0.2, -0.15) is 13.2 Å². The van der Waals surface area contributed by atoms with Gasteiger partial charge in [0.2, 0.25) is 5.91 Å². The third kappa shape index (κ3) is 7.72. The van der Waals surface area contributed by atoms with Crippen LogP contribution in [0.1, 0.15) is 42.4 Å². The number of anilines is 1. The first-order valence-corrected chi connectivity index (χ1v) is 11.9. The number of nitrogens with two attached hydrogens (primary N) is 1. The summed E-state index contributed by atoms with van der Waals surface area (Å²) in [4.78, 5) is 24.9. The quantitative estimate of drug-likeness (QED) is 0.230. The van der Waals surface area contributed by atoms with E-state index < -0.39 is 36.5 Å². The predicted molar refractivity (Wildman–Crippen MR) is 135 cm³/mol. The number of alkyl halides is 3. The number of amidine groups is 1. The number of aromatic hydroxyl groups is 1. The van der Waals surface area contributed by atoms with Crippen molar-refractivity contribution in [1.82, 2.24) is 5.32 Å². The molecule has 0 aliphatic carbocycles. The number of amides is 1. The number of hydrogen-bond acceptors (Lipinski definition) is 6. The third-order valence-corrected chi connectivity index (χ3v) is 5.94. The standard InChI is InChI=1S/C26H29F3N4O5/c27-26(28,29)20-15-18(4-6-22(20)38-19-9-11-32-12-10-19)33(23(35)7-8-24(36)37)13-1-2-16-14-17(25(30)31)3-5-21(16)34/h1-6,14-15,19,32,34H,7-13H2,(H3,30,31)(H,36,37). The van der Waals surface area contributed by atoms with Crippen LogP contribution in [-0.2, 0) is 15.8 Å². The van der Waals surface area contributed by atoms with Gasteiger partial charge in [-0.15, -0.1) is 0 Å². The van der Waals surface area contributed by atoms with Gasteiger partial charge in [0.1, 0.15) is 23.4 Å². The number of ether oxygens (including phenoxy) is 1. The number of carboxylic acids is 1. The first-order chi connectivity index (χ1) is 18.0. The van der Waals surface area contributed by atoms with Crippen molar-refractivity contribution in [3.8, 4) is 11.5 Å². The molecule has 9 nitrogen and oxygen atoms in total. The lowest BCUT2D eigenvalue weighted by Gasteiger charge is -2.27. The fourth-order valence-electron chi connectivity index (χ4n) is 3.94. The van der Waals surface area contributed by atoms with Crippen molar-refractivity contribution in [2.45, 2.75) is 38.0 Å². The van der Waals surface area contributed by atoms with E-state index in [1.807, 2.05) is 0 Å². The van der Waals surface area contributed by atoms with Crippen molar-refractivity contribution in [3.63, 3.8) is 0 Å². The maximum atomic E-state index is 14.0. The number of benzene rings is 2. The molecule has 38 heavy (non-hydrogen) atoms. The van der Waals surface area contributed by atoms with Crippen molar-refractivity contribution in [2.24, 2.45) is 5.73 Å². The molecule has 6 N–H and O–H groups in total. The Labute approximate surface area is 217 Å². The summed E-state index contributed by atoms with van der Waals surface area (Å²) in [6.45, 7) is 1.05. The van der Waals surface area contributed by atoms with Gasteiger partial charge in [0.25, 0.3) is 0 Å². The van der Waals surface area contributed by atoms with Gasteiger partial charge in [0, 0.05) is 29.8 Å². The summed E-state index contributed by atoms with van der Waals surface area (Å²) in [6.07, 6.45) is -2.08. The van der Waals surface area contributed by atoms with E-state index in [1.54, 1.807) is 0 Å². The minimum Gasteiger partial charge on any atom is -0.507 e. The fourth-order valence-corrected chi connectivity index (χ4v) is 3.94. The summed E-state index contributed by atoms with van der Waals surface area (Å²) < 4.78 is 47.6. The summed E-state index contributed by atoms with van der Waals surface area (Å²) in [5, 5.41) is 29.7. The number of aliphatic carboxylic acids is 1. The molecule has 0 radical (unpaired) electrons. The lowest BCUT2D eigenvalue weighted by molar-refractivity contribution is -0.139. The molecule has 1 aliphatic rings. The largest absolute Gasteiger partial charge is 0.507 e. The van der Waals surface area contributed by atoms with Crippen LogP contribution >= 0.6 is 0 Å². The summed E-state index contributed by atoms with van der Waals surface area (Å²) in [5.41, 5.74) is 4.97. The van der Waals surface area contributed by atoms with E-state index in [4.69, 9.17) is 21.0 Å². The fraction of sp³-hybridized carbons (Fsp3) is 0.346. The van der Waals surface area contributed by atoms with Crippen LogP contribution in [0.25, 0.3) is 6.08 Å². The van der Waals surface area contributed by atoms with Crippen LogP contribution in [0.2, 0.25) is 0 Å². The Morgan fingerprint density at radius 2 is 1.87 bits per heavy atom. The zero-order valence-corrected chi connectivity index (χ0v) is 20.4. The Bertz CT molecular complexity index is 1210. The van der Waals surface area contributed by atoms with E-state index in [2.05, 4.69) is 5.32 Å². The van der Waals surface area contributed by atoms with Crippen LogP contribution in [0.5, 0.6) is 11.5 Å². The molecule has 1 heterocycles. The van der Waals surface area contributed by atoms with Gasteiger partial charge >= 0.3 is 12.1 Å². The van der Waals surface area contributed by atoms with Gasteiger partial charge in [-0.1, -0.05) is 12.2 Å². The molecule has 3 rings (SSSR count). The van der Waals surface area contributed by atoms with Crippen LogP contribution in [0.3, 0.4) is 0 Å². The van der Waals surface area contributed by atoms with Crippen LogP contribution in [0, 0.1) is 5.41 Å². The minimum atomic E-state index is -4.76. The molecule has 0 atom stereocenters. The van der Waals surface area contributed by atoms with E-state index in [9.17, 15) is 27.9 Å². The molecule has 12 heteroatoms. The maximum Gasteiger partial charge on any atom is 0.420 e. The Morgan fingerprint density at radius 1 is 1.16 bits per heavy atom. The van der Waals surface area contributed by atoms with Crippen molar-refractivity contribution < 1.29 is 37.7 Å². The number of carbonyl (C=O) groups is 2. The molecule has 0 saturated carbocycles. The van der Waals surface area contributed by atoms with Crippen LogP contribution in [-0.4, -0.2) is 53.7 Å². The molecule has 1 fully saturated rings. The molecule has 1 amide bonds. The monoisotopic (exact) mass is 534 g/mol. The predicted octanol–water partition coefficient (Wildman–Crippen LogP) is 3.74. The van der Waals surface area contributed by atoms with E-state index in [-0.39, 0.29) is 41.2 Å². The highest BCUT2D eigenvalue weighted by molar-refractivity contribution is 5.96. The number of halogens is 3. The Kier molecular flexibility index (Phi) is 9.35. The minimum absolute atomic E-state index is 0.0864. The SMILES string of the molecule is N=C(N)c1ccc(O)c(C=CCN(C(=O)CCC(=O)O)c2ccc(OC3CCNCC3)c(C(F)(F)F)c2)c1. The van der Waals surface area contributed by atoms with Gasteiger partial charge < -0.3 is 30.9 Å². The molecule has 0 bridgehead atoms. The highest BCUT2D eigenvalue weighted by atomic mass is 19.4. The molecule has 204 valence electrons. The van der Waals surface area contributed by atoms with Gasteiger partial charge in [-0.05, 0) is 62.3 Å². The smallest absolute Gasteiger partial charge is 0.420 e. The first kappa shape index (κ1) is 28.5. The average Bonchev–Trinajstić information content (AvgIpc) is 2.86. The van der Waals surface area contributed by atoms with Crippen LogP contribution < -0.4 is 20.7 Å². The Balaban J connectivity index is 1.92. The van der Waals surface area contributed by atoms with Crippen molar-refractivity contribution >= 4 is 29.5 Å². The summed E-state index contributed by atoms with van der Waals surface area (Å²) in [7, 11) is 0.